The molecule has 4 aromatic carbocycles. The maximum Gasteiger partial charge on any atom is 0.297 e. The van der Waals surface area contributed by atoms with Crippen molar-refractivity contribution < 1.29 is 22.4 Å². The number of ether oxygens (including phenoxy) is 1. The second-order valence-corrected chi connectivity index (χ2v) is 10.7. The van der Waals surface area contributed by atoms with Crippen LogP contribution in [0.4, 0.5) is 0 Å². The fraction of sp³-hybridized carbons (Fsp3) is 0.161. The SMILES string of the molecule is Cc1ccccc1S(=O)(=O)OC[C@@H](O)[C@H](c1ccccc1)n1ccc2cc(OCc3ccccc3)ccc21. The van der Waals surface area contributed by atoms with Crippen molar-refractivity contribution in [1.82, 2.24) is 4.57 Å². The zero-order valence-corrected chi connectivity index (χ0v) is 21.8. The minimum absolute atomic E-state index is 0.0953. The van der Waals surface area contributed by atoms with Crippen molar-refractivity contribution in [3.05, 3.63) is 132 Å². The van der Waals surface area contributed by atoms with Gasteiger partial charge in [0.2, 0.25) is 0 Å². The van der Waals surface area contributed by atoms with Crippen molar-refractivity contribution in [3.63, 3.8) is 0 Å². The second-order valence-electron chi connectivity index (χ2n) is 9.14. The standard InChI is InChI=1S/C31H29NO5S/c1-23-10-8-9-15-30(23)38(34,35)37-22-29(33)31(25-13-6-3-7-14-25)32-19-18-26-20-27(16-17-28(26)32)36-21-24-11-4-2-5-12-24/h2-20,29,31,33H,21-22H2,1H3/t29-,31+/m1/s1. The molecule has 6 nitrogen and oxygen atoms in total. The number of aryl methyl sites for hydroxylation is 1. The van der Waals surface area contributed by atoms with Gasteiger partial charge in [-0.1, -0.05) is 78.9 Å². The molecule has 0 aliphatic carbocycles. The van der Waals surface area contributed by atoms with Crippen LogP contribution in [-0.4, -0.2) is 30.8 Å². The number of fused-ring (bicyclic) bond motifs is 1. The maximum absolute atomic E-state index is 12.9. The first-order chi connectivity index (χ1) is 18.4. The summed E-state index contributed by atoms with van der Waals surface area (Å²) in [5.41, 5.74) is 3.38. The quantitative estimate of drug-likeness (QED) is 0.229. The number of aromatic nitrogens is 1. The van der Waals surface area contributed by atoms with Crippen LogP contribution < -0.4 is 4.74 Å². The predicted octanol–water partition coefficient (Wildman–Crippen LogP) is 5.88. The lowest BCUT2D eigenvalue weighted by molar-refractivity contribution is 0.0785. The van der Waals surface area contributed by atoms with E-state index in [0.29, 0.717) is 12.2 Å². The van der Waals surface area contributed by atoms with E-state index < -0.39 is 28.9 Å². The maximum atomic E-state index is 12.9. The van der Waals surface area contributed by atoms with Crippen LogP contribution in [-0.2, 0) is 20.9 Å². The highest BCUT2D eigenvalue weighted by Gasteiger charge is 2.27. The molecular weight excluding hydrogens is 498 g/mol. The van der Waals surface area contributed by atoms with Gasteiger partial charge in [0.15, 0.2) is 0 Å². The molecule has 0 unspecified atom stereocenters. The van der Waals surface area contributed by atoms with Crippen LogP contribution in [0.5, 0.6) is 5.75 Å². The fourth-order valence-corrected chi connectivity index (χ4v) is 5.74. The molecule has 7 heteroatoms. The van der Waals surface area contributed by atoms with E-state index in [1.54, 1.807) is 25.1 Å². The van der Waals surface area contributed by atoms with Crippen molar-refractivity contribution in [2.24, 2.45) is 0 Å². The van der Waals surface area contributed by atoms with Crippen molar-refractivity contribution in [1.29, 1.82) is 0 Å². The lowest BCUT2D eigenvalue weighted by Crippen LogP contribution is -2.30. The third kappa shape index (κ3) is 5.65. The van der Waals surface area contributed by atoms with Crippen LogP contribution in [0.15, 0.2) is 120 Å². The van der Waals surface area contributed by atoms with E-state index in [0.717, 1.165) is 27.8 Å². The van der Waals surface area contributed by atoms with Crippen molar-refractivity contribution in [3.8, 4) is 5.75 Å². The highest BCUT2D eigenvalue weighted by Crippen LogP contribution is 2.31. The minimum Gasteiger partial charge on any atom is -0.489 e. The summed E-state index contributed by atoms with van der Waals surface area (Å²) in [6, 6.07) is 33.3. The number of benzene rings is 4. The molecule has 38 heavy (non-hydrogen) atoms. The molecule has 0 fully saturated rings. The van der Waals surface area contributed by atoms with Crippen molar-refractivity contribution >= 4 is 21.0 Å². The molecule has 5 rings (SSSR count). The summed E-state index contributed by atoms with van der Waals surface area (Å²) >= 11 is 0. The Morgan fingerprint density at radius 1 is 0.842 bits per heavy atom. The Bertz CT molecular complexity index is 1610. The number of hydrogen-bond donors (Lipinski definition) is 1. The molecule has 0 amide bonds. The topological polar surface area (TPSA) is 77.8 Å². The van der Waals surface area contributed by atoms with Crippen LogP contribution in [0.2, 0.25) is 0 Å². The van der Waals surface area contributed by atoms with Crippen molar-refractivity contribution in [2.75, 3.05) is 6.61 Å². The minimum atomic E-state index is -4.03. The third-order valence-corrected chi connectivity index (χ3v) is 7.95. The number of aliphatic hydroxyl groups is 1. The summed E-state index contributed by atoms with van der Waals surface area (Å²) in [5.74, 6) is 0.739. The van der Waals surface area contributed by atoms with Crippen LogP contribution in [0.25, 0.3) is 10.9 Å². The first kappa shape index (κ1) is 25.7. The lowest BCUT2D eigenvalue weighted by Gasteiger charge is -2.26. The molecule has 0 aliphatic heterocycles. The molecule has 0 saturated heterocycles. The van der Waals surface area contributed by atoms with E-state index >= 15 is 0 Å². The summed E-state index contributed by atoms with van der Waals surface area (Å²) in [7, 11) is -4.03. The molecule has 5 aromatic rings. The van der Waals surface area contributed by atoms with Crippen LogP contribution >= 0.6 is 0 Å². The van der Waals surface area contributed by atoms with Crippen LogP contribution in [0, 0.1) is 6.92 Å². The van der Waals surface area contributed by atoms with Gasteiger partial charge >= 0.3 is 0 Å². The van der Waals surface area contributed by atoms with Gasteiger partial charge in [-0.2, -0.15) is 8.42 Å². The Labute approximate surface area is 222 Å². The molecule has 0 radical (unpaired) electrons. The third-order valence-electron chi connectivity index (χ3n) is 6.50. The molecule has 2 atom stereocenters. The van der Waals surface area contributed by atoms with Gasteiger partial charge in [0.25, 0.3) is 10.1 Å². The Balaban J connectivity index is 1.40. The van der Waals surface area contributed by atoms with Gasteiger partial charge in [-0.3, -0.25) is 4.18 Å². The Morgan fingerprint density at radius 2 is 1.53 bits per heavy atom. The summed E-state index contributed by atoms with van der Waals surface area (Å²) < 4.78 is 39.0. The summed E-state index contributed by atoms with van der Waals surface area (Å²) in [5, 5.41) is 12.2. The second kappa shape index (κ2) is 11.2. The van der Waals surface area contributed by atoms with Crippen molar-refractivity contribution in [2.45, 2.75) is 30.6 Å². The smallest absolute Gasteiger partial charge is 0.297 e. The van der Waals surface area contributed by atoms with Gasteiger partial charge in [-0.15, -0.1) is 0 Å². The number of aliphatic hydroxyl groups excluding tert-OH is 1. The molecule has 0 saturated carbocycles. The fourth-order valence-electron chi connectivity index (χ4n) is 4.58. The Morgan fingerprint density at radius 3 is 2.26 bits per heavy atom. The highest BCUT2D eigenvalue weighted by molar-refractivity contribution is 7.86. The van der Waals surface area contributed by atoms with E-state index in [1.165, 1.54) is 6.07 Å². The van der Waals surface area contributed by atoms with Gasteiger partial charge in [0.1, 0.15) is 18.5 Å². The van der Waals surface area contributed by atoms with E-state index in [9.17, 15) is 13.5 Å². The highest BCUT2D eigenvalue weighted by atomic mass is 32.2. The van der Waals surface area contributed by atoms with E-state index in [-0.39, 0.29) is 4.90 Å². The van der Waals surface area contributed by atoms with Crippen LogP contribution in [0.3, 0.4) is 0 Å². The molecule has 0 aliphatic rings. The molecule has 1 aromatic heterocycles. The molecule has 0 bridgehead atoms. The molecule has 0 spiro atoms. The zero-order valence-electron chi connectivity index (χ0n) is 21.0. The van der Waals surface area contributed by atoms with E-state index in [1.807, 2.05) is 95.7 Å². The zero-order chi connectivity index (χ0) is 26.5. The average molecular weight is 528 g/mol. The Hall–Kier alpha value is -3.91. The molecule has 1 N–H and O–H groups in total. The summed E-state index contributed by atoms with van der Waals surface area (Å²) in [6.07, 6.45) is 0.753. The molecule has 1 heterocycles. The van der Waals surface area contributed by atoms with Gasteiger partial charge in [-0.05, 0) is 53.9 Å². The van der Waals surface area contributed by atoms with Crippen LogP contribution in [0.1, 0.15) is 22.7 Å². The average Bonchev–Trinajstić information content (AvgIpc) is 3.35. The first-order valence-electron chi connectivity index (χ1n) is 12.4. The number of rotatable bonds is 10. The predicted molar refractivity (Wildman–Crippen MR) is 148 cm³/mol. The summed E-state index contributed by atoms with van der Waals surface area (Å²) in [4.78, 5) is 0.0953. The molecule has 194 valence electrons. The first-order valence-corrected chi connectivity index (χ1v) is 13.8. The largest absolute Gasteiger partial charge is 0.489 e. The Kier molecular flexibility index (Phi) is 7.60. The monoisotopic (exact) mass is 527 g/mol. The number of nitrogens with zero attached hydrogens (tertiary/aromatic N) is 1. The van der Waals surface area contributed by atoms with Gasteiger partial charge < -0.3 is 14.4 Å². The van der Waals surface area contributed by atoms with E-state index in [4.69, 9.17) is 8.92 Å². The summed E-state index contributed by atoms with van der Waals surface area (Å²) in [6.45, 7) is 1.78. The van der Waals surface area contributed by atoms with Gasteiger partial charge in [0.05, 0.1) is 17.5 Å². The molecular formula is C31H29NO5S. The normalized spacial score (nSPS) is 13.3. The lowest BCUT2D eigenvalue weighted by atomic mass is 10.0. The van der Waals surface area contributed by atoms with Gasteiger partial charge in [-0.25, -0.2) is 0 Å². The van der Waals surface area contributed by atoms with Gasteiger partial charge in [0, 0.05) is 17.1 Å². The number of hydrogen-bond acceptors (Lipinski definition) is 5. The van der Waals surface area contributed by atoms with E-state index in [2.05, 4.69) is 0 Å².